The molecule has 0 bridgehead atoms. The van der Waals surface area contributed by atoms with Crippen LogP contribution in [0.1, 0.15) is 73.3 Å². The van der Waals surface area contributed by atoms with Crippen LogP contribution in [-0.2, 0) is 13.1 Å². The summed E-state index contributed by atoms with van der Waals surface area (Å²) < 4.78 is 5.38. The SMILES string of the molecule is CCNC(=NCc1cccc(C(=O)N2CCCCC2)c1)NCc1cc(C(C)C)no1.I. The second-order valence-corrected chi connectivity index (χ2v) is 7.97. The van der Waals surface area contributed by atoms with E-state index in [2.05, 4.69) is 34.6 Å². The average Bonchev–Trinajstić information content (AvgIpc) is 3.25. The van der Waals surface area contributed by atoms with Crippen LogP contribution in [-0.4, -0.2) is 41.6 Å². The Bertz CT molecular complexity index is 859. The monoisotopic (exact) mass is 539 g/mol. The summed E-state index contributed by atoms with van der Waals surface area (Å²) in [5.74, 6) is 1.94. The van der Waals surface area contributed by atoms with Gasteiger partial charge in [-0.05, 0) is 49.8 Å². The summed E-state index contributed by atoms with van der Waals surface area (Å²) in [6.07, 6.45) is 3.40. The van der Waals surface area contributed by atoms with Crippen LogP contribution in [0.15, 0.2) is 39.8 Å². The first-order valence-electron chi connectivity index (χ1n) is 10.9. The third-order valence-electron chi connectivity index (χ3n) is 5.18. The van der Waals surface area contributed by atoms with Crippen LogP contribution >= 0.6 is 24.0 Å². The molecular weight excluding hydrogens is 505 g/mol. The molecule has 1 amide bonds. The van der Waals surface area contributed by atoms with E-state index in [-0.39, 0.29) is 29.9 Å². The largest absolute Gasteiger partial charge is 0.359 e. The van der Waals surface area contributed by atoms with Crippen molar-refractivity contribution in [3.63, 3.8) is 0 Å². The molecule has 1 aromatic carbocycles. The zero-order valence-corrected chi connectivity index (χ0v) is 21.0. The number of aliphatic imine (C=N–C) groups is 1. The van der Waals surface area contributed by atoms with Crippen LogP contribution in [0.25, 0.3) is 0 Å². The zero-order valence-electron chi connectivity index (χ0n) is 18.7. The van der Waals surface area contributed by atoms with E-state index in [1.54, 1.807) is 0 Å². The molecule has 0 unspecified atom stereocenters. The quantitative estimate of drug-likeness (QED) is 0.312. The summed E-state index contributed by atoms with van der Waals surface area (Å²) in [6.45, 7) is 9.68. The number of piperidine rings is 1. The normalized spacial score (nSPS) is 14.3. The number of benzene rings is 1. The van der Waals surface area contributed by atoms with Gasteiger partial charge in [-0.1, -0.05) is 31.1 Å². The fourth-order valence-corrected chi connectivity index (χ4v) is 3.45. The van der Waals surface area contributed by atoms with Gasteiger partial charge in [0.1, 0.15) is 0 Å². The van der Waals surface area contributed by atoms with E-state index < -0.39 is 0 Å². The van der Waals surface area contributed by atoms with Crippen LogP contribution in [0.4, 0.5) is 0 Å². The van der Waals surface area contributed by atoms with E-state index in [4.69, 9.17) is 4.52 Å². The second kappa shape index (κ2) is 12.7. The molecule has 0 radical (unpaired) electrons. The lowest BCUT2D eigenvalue weighted by molar-refractivity contribution is 0.0724. The highest BCUT2D eigenvalue weighted by atomic mass is 127. The predicted octanol–water partition coefficient (Wildman–Crippen LogP) is 4.30. The fourth-order valence-electron chi connectivity index (χ4n) is 3.45. The first-order valence-corrected chi connectivity index (χ1v) is 10.9. The smallest absolute Gasteiger partial charge is 0.253 e. The van der Waals surface area contributed by atoms with Crippen molar-refractivity contribution in [3.05, 3.63) is 52.9 Å². The molecule has 0 spiro atoms. The van der Waals surface area contributed by atoms with Gasteiger partial charge in [-0.3, -0.25) is 4.79 Å². The van der Waals surface area contributed by atoms with Crippen molar-refractivity contribution < 1.29 is 9.32 Å². The van der Waals surface area contributed by atoms with E-state index in [1.165, 1.54) is 6.42 Å². The number of nitrogens with zero attached hydrogens (tertiary/aromatic N) is 3. The molecule has 0 saturated carbocycles. The van der Waals surface area contributed by atoms with Gasteiger partial charge in [0.2, 0.25) is 0 Å². The Kier molecular flexibility index (Phi) is 10.3. The third kappa shape index (κ3) is 7.52. The molecule has 2 aromatic rings. The van der Waals surface area contributed by atoms with Crippen molar-refractivity contribution in [2.75, 3.05) is 19.6 Å². The zero-order chi connectivity index (χ0) is 21.3. The van der Waals surface area contributed by atoms with Crippen molar-refractivity contribution in [3.8, 4) is 0 Å². The standard InChI is InChI=1S/C23H33N5O2.HI/c1-4-24-23(26-16-20-14-21(17(2)3)27-30-20)25-15-18-9-8-10-19(13-18)22(29)28-11-6-5-7-12-28;/h8-10,13-14,17H,4-7,11-12,15-16H2,1-3H3,(H2,24,25,26);1H. The van der Waals surface area contributed by atoms with Gasteiger partial charge in [-0.2, -0.15) is 0 Å². The van der Waals surface area contributed by atoms with Crippen LogP contribution in [0, 0.1) is 0 Å². The van der Waals surface area contributed by atoms with Gasteiger partial charge in [0.15, 0.2) is 11.7 Å². The van der Waals surface area contributed by atoms with E-state index in [9.17, 15) is 4.79 Å². The molecule has 3 rings (SSSR count). The number of hydrogen-bond acceptors (Lipinski definition) is 4. The molecular formula is C23H34IN5O2. The molecule has 2 N–H and O–H groups in total. The second-order valence-electron chi connectivity index (χ2n) is 7.97. The molecule has 31 heavy (non-hydrogen) atoms. The van der Waals surface area contributed by atoms with E-state index in [0.717, 1.165) is 55.1 Å². The van der Waals surface area contributed by atoms with E-state index >= 15 is 0 Å². The third-order valence-corrected chi connectivity index (χ3v) is 5.18. The summed E-state index contributed by atoms with van der Waals surface area (Å²) in [5, 5.41) is 10.6. The molecule has 1 aliphatic heterocycles. The minimum absolute atomic E-state index is 0. The highest BCUT2D eigenvalue weighted by Gasteiger charge is 2.18. The lowest BCUT2D eigenvalue weighted by atomic mass is 10.1. The Morgan fingerprint density at radius 2 is 1.97 bits per heavy atom. The lowest BCUT2D eigenvalue weighted by Gasteiger charge is -2.26. The Balaban J connectivity index is 0.00000341. The van der Waals surface area contributed by atoms with Gasteiger partial charge in [0.25, 0.3) is 5.91 Å². The topological polar surface area (TPSA) is 82.8 Å². The molecule has 1 fully saturated rings. The molecule has 1 aliphatic rings. The number of carbonyl (C=O) groups excluding carboxylic acids is 1. The first kappa shape index (κ1) is 25.2. The maximum Gasteiger partial charge on any atom is 0.253 e. The summed E-state index contributed by atoms with van der Waals surface area (Å²) >= 11 is 0. The van der Waals surface area contributed by atoms with Crippen LogP contribution in [0.3, 0.4) is 0 Å². The van der Waals surface area contributed by atoms with Gasteiger partial charge in [0.05, 0.1) is 18.8 Å². The Morgan fingerprint density at radius 3 is 2.65 bits per heavy atom. The van der Waals surface area contributed by atoms with Gasteiger partial charge in [-0.15, -0.1) is 24.0 Å². The lowest BCUT2D eigenvalue weighted by Crippen LogP contribution is -2.36. The number of hydrogen-bond donors (Lipinski definition) is 2. The number of likely N-dealkylation sites (tertiary alicyclic amines) is 1. The Hall–Kier alpha value is -2.10. The minimum Gasteiger partial charge on any atom is -0.359 e. The molecule has 8 heteroatoms. The molecule has 2 heterocycles. The molecule has 0 atom stereocenters. The van der Waals surface area contributed by atoms with Gasteiger partial charge in [0, 0.05) is 31.3 Å². The molecule has 7 nitrogen and oxygen atoms in total. The average molecular weight is 539 g/mol. The van der Waals surface area contributed by atoms with Crippen molar-refractivity contribution >= 4 is 35.8 Å². The maximum absolute atomic E-state index is 12.8. The van der Waals surface area contributed by atoms with Crippen LogP contribution < -0.4 is 10.6 Å². The summed E-state index contributed by atoms with van der Waals surface area (Å²) in [7, 11) is 0. The molecule has 170 valence electrons. The number of halogens is 1. The molecule has 1 saturated heterocycles. The Labute approximate surface area is 202 Å². The number of nitrogens with one attached hydrogen (secondary N) is 2. The van der Waals surface area contributed by atoms with Crippen LogP contribution in [0.2, 0.25) is 0 Å². The van der Waals surface area contributed by atoms with Crippen molar-refractivity contribution in [2.45, 2.75) is 59.0 Å². The predicted molar refractivity (Wildman–Crippen MR) is 134 cm³/mol. The fraction of sp³-hybridized carbons (Fsp3) is 0.522. The summed E-state index contributed by atoms with van der Waals surface area (Å²) in [6, 6.07) is 9.76. The van der Waals surface area contributed by atoms with E-state index in [1.807, 2.05) is 42.2 Å². The summed E-state index contributed by atoms with van der Waals surface area (Å²) in [4.78, 5) is 19.4. The minimum atomic E-state index is 0. The van der Waals surface area contributed by atoms with Crippen molar-refractivity contribution in [1.29, 1.82) is 0 Å². The molecule has 1 aromatic heterocycles. The van der Waals surface area contributed by atoms with Crippen LogP contribution in [0.5, 0.6) is 0 Å². The van der Waals surface area contributed by atoms with Gasteiger partial charge < -0.3 is 20.1 Å². The highest BCUT2D eigenvalue weighted by Crippen LogP contribution is 2.15. The van der Waals surface area contributed by atoms with Crippen molar-refractivity contribution in [1.82, 2.24) is 20.7 Å². The maximum atomic E-state index is 12.8. The van der Waals surface area contributed by atoms with E-state index in [0.29, 0.717) is 25.0 Å². The first-order chi connectivity index (χ1) is 14.6. The number of aromatic nitrogens is 1. The number of amides is 1. The van der Waals surface area contributed by atoms with Gasteiger partial charge >= 0.3 is 0 Å². The highest BCUT2D eigenvalue weighted by molar-refractivity contribution is 14.0. The molecule has 0 aliphatic carbocycles. The number of carbonyl (C=O) groups is 1. The summed E-state index contributed by atoms with van der Waals surface area (Å²) in [5.41, 5.74) is 2.70. The van der Waals surface area contributed by atoms with Crippen molar-refractivity contribution in [2.24, 2.45) is 4.99 Å². The number of guanidine groups is 1. The Morgan fingerprint density at radius 1 is 1.19 bits per heavy atom. The van der Waals surface area contributed by atoms with Gasteiger partial charge in [-0.25, -0.2) is 4.99 Å². The number of rotatable bonds is 7.